The minimum atomic E-state index is -0.633. The predicted molar refractivity (Wildman–Crippen MR) is 44.8 cm³/mol. The number of H-pyrrole nitrogens is 1. The molecule has 13 heavy (non-hydrogen) atoms. The summed E-state index contributed by atoms with van der Waals surface area (Å²) in [6.07, 6.45) is 0. The highest BCUT2D eigenvalue weighted by molar-refractivity contribution is 7.12. The Morgan fingerprint density at radius 1 is 1.54 bits per heavy atom. The lowest BCUT2D eigenvalue weighted by molar-refractivity contribution is 0.146. The highest BCUT2D eigenvalue weighted by atomic mass is 32.1. The summed E-state index contributed by atoms with van der Waals surface area (Å²) in [4.78, 5) is 29.8. The number of nitrogens with one attached hydrogen (secondary N) is 1. The Balaban J connectivity index is 3.02. The number of hydrogen-bond donors (Lipinski definition) is 1. The van der Waals surface area contributed by atoms with Gasteiger partial charge in [0, 0.05) is 11.5 Å². The number of hydrogen-bond acceptors (Lipinski definition) is 6. The van der Waals surface area contributed by atoms with Crippen molar-refractivity contribution in [1.82, 2.24) is 19.3 Å². The van der Waals surface area contributed by atoms with Crippen molar-refractivity contribution in [3.63, 3.8) is 0 Å². The Morgan fingerprint density at radius 3 is 3.00 bits per heavy atom. The van der Waals surface area contributed by atoms with Crippen molar-refractivity contribution in [3.8, 4) is 0 Å². The fourth-order valence-electron chi connectivity index (χ4n) is 0.915. The van der Waals surface area contributed by atoms with Gasteiger partial charge in [0.25, 0.3) is 0 Å². The van der Waals surface area contributed by atoms with E-state index in [1.54, 1.807) is 0 Å². The van der Waals surface area contributed by atoms with E-state index in [1.807, 2.05) is 0 Å². The quantitative estimate of drug-likeness (QED) is 0.611. The van der Waals surface area contributed by atoms with E-state index in [2.05, 4.69) is 19.4 Å². The lowest BCUT2D eigenvalue weighted by atomic mass is 10.6. The second kappa shape index (κ2) is 2.66. The molecule has 0 aliphatic heterocycles. The highest BCUT2D eigenvalue weighted by Crippen LogP contribution is 2.03. The molecule has 7 nitrogen and oxygen atoms in total. The molecule has 2 heterocycles. The molecule has 0 bridgehead atoms. The Bertz CT molecular complexity index is 553. The van der Waals surface area contributed by atoms with Gasteiger partial charge in [0.2, 0.25) is 0 Å². The third-order valence-electron chi connectivity index (χ3n) is 1.46. The van der Waals surface area contributed by atoms with Gasteiger partial charge >= 0.3 is 11.2 Å². The van der Waals surface area contributed by atoms with Crippen LogP contribution in [-0.2, 0) is 0 Å². The van der Waals surface area contributed by atoms with E-state index in [0.717, 1.165) is 11.5 Å². The summed E-state index contributed by atoms with van der Waals surface area (Å²) in [5.41, 5.74) is -1.13. The molecule has 0 saturated heterocycles. The minimum absolute atomic E-state index is 0.103. The Labute approximate surface area is 74.7 Å². The van der Waals surface area contributed by atoms with Crippen LogP contribution in [0.25, 0.3) is 10.3 Å². The van der Waals surface area contributed by atoms with Crippen molar-refractivity contribution >= 4 is 21.9 Å². The fourth-order valence-corrected chi connectivity index (χ4v) is 1.47. The third kappa shape index (κ3) is 1.03. The first kappa shape index (κ1) is 7.92. The molecule has 0 unspecified atom stereocenters. The first-order valence-corrected chi connectivity index (χ1v) is 4.03. The van der Waals surface area contributed by atoms with E-state index in [9.17, 15) is 9.59 Å². The molecular formula is C5H4N4O3S. The maximum atomic E-state index is 11.4. The summed E-state index contributed by atoms with van der Waals surface area (Å²) < 4.78 is 4.12. The molecule has 2 aromatic rings. The molecular weight excluding hydrogens is 196 g/mol. The smallest absolute Gasteiger partial charge is 0.363 e. The second-order valence-corrected chi connectivity index (χ2v) is 2.92. The van der Waals surface area contributed by atoms with E-state index >= 15 is 0 Å². The van der Waals surface area contributed by atoms with Crippen molar-refractivity contribution in [1.29, 1.82) is 0 Å². The zero-order valence-electron chi connectivity index (χ0n) is 6.47. The van der Waals surface area contributed by atoms with Crippen LogP contribution in [-0.4, -0.2) is 26.4 Å². The van der Waals surface area contributed by atoms with Gasteiger partial charge in [-0.25, -0.2) is 4.79 Å². The largest absolute Gasteiger partial charge is 0.409 e. The van der Waals surface area contributed by atoms with E-state index < -0.39 is 11.2 Å². The normalized spacial score (nSPS) is 10.5. The number of fused-ring (bicyclic) bond motifs is 1. The highest BCUT2D eigenvalue weighted by Gasteiger charge is 2.10. The molecule has 0 radical (unpaired) electrons. The zero-order chi connectivity index (χ0) is 9.42. The van der Waals surface area contributed by atoms with Gasteiger partial charge in [-0.15, -0.1) is 5.10 Å². The van der Waals surface area contributed by atoms with Gasteiger partial charge < -0.3 is 4.84 Å². The molecule has 0 fully saturated rings. The van der Waals surface area contributed by atoms with Crippen LogP contribution in [0, 0.1) is 0 Å². The van der Waals surface area contributed by atoms with Crippen LogP contribution in [0.15, 0.2) is 9.59 Å². The topological polar surface area (TPSA) is 89.9 Å². The summed E-state index contributed by atoms with van der Waals surface area (Å²) in [6, 6.07) is 0. The van der Waals surface area contributed by atoms with Crippen molar-refractivity contribution in [3.05, 3.63) is 20.8 Å². The van der Waals surface area contributed by atoms with Crippen LogP contribution < -0.4 is 16.1 Å². The summed E-state index contributed by atoms with van der Waals surface area (Å²) >= 11 is 0.949. The Morgan fingerprint density at radius 2 is 2.31 bits per heavy atom. The fraction of sp³-hybridized carbons (Fsp3) is 0.200. The monoisotopic (exact) mass is 200 g/mol. The van der Waals surface area contributed by atoms with Crippen molar-refractivity contribution < 1.29 is 4.84 Å². The van der Waals surface area contributed by atoms with Crippen LogP contribution in [0.2, 0.25) is 0 Å². The number of aromatic amines is 1. The molecule has 0 aliphatic rings. The van der Waals surface area contributed by atoms with Crippen LogP contribution in [0.5, 0.6) is 0 Å². The first-order chi connectivity index (χ1) is 6.24. The number of aromatic nitrogens is 4. The molecule has 0 aromatic carbocycles. The van der Waals surface area contributed by atoms with Gasteiger partial charge in [0.15, 0.2) is 10.3 Å². The zero-order valence-corrected chi connectivity index (χ0v) is 7.29. The van der Waals surface area contributed by atoms with Crippen LogP contribution in [0.1, 0.15) is 0 Å². The molecule has 1 N–H and O–H groups in total. The molecule has 2 rings (SSSR count). The summed E-state index contributed by atoms with van der Waals surface area (Å²) in [5.74, 6) is 0. The van der Waals surface area contributed by atoms with Gasteiger partial charge in [0.1, 0.15) is 7.11 Å². The molecule has 0 amide bonds. The van der Waals surface area contributed by atoms with Crippen LogP contribution >= 0.6 is 11.5 Å². The van der Waals surface area contributed by atoms with E-state index in [0.29, 0.717) is 9.56 Å². The number of rotatable bonds is 1. The summed E-state index contributed by atoms with van der Waals surface area (Å²) in [7, 11) is 1.22. The van der Waals surface area contributed by atoms with Gasteiger partial charge in [-0.2, -0.15) is 0 Å². The Kier molecular flexibility index (Phi) is 1.62. The lowest BCUT2D eigenvalue weighted by Crippen LogP contribution is -2.38. The standard InChI is InChI=1S/C5H4N4O3S/c1-12-9-4(10)2-3(6-5(9)11)13-8-7-2/h1H3,(H,6,11). The minimum Gasteiger partial charge on any atom is -0.409 e. The molecule has 0 spiro atoms. The lowest BCUT2D eigenvalue weighted by Gasteiger charge is -1.98. The molecule has 0 aliphatic carbocycles. The molecule has 0 saturated carbocycles. The average Bonchev–Trinajstić information content (AvgIpc) is 2.53. The maximum absolute atomic E-state index is 11.4. The van der Waals surface area contributed by atoms with E-state index in [-0.39, 0.29) is 5.52 Å². The van der Waals surface area contributed by atoms with Gasteiger partial charge in [-0.1, -0.05) is 9.22 Å². The van der Waals surface area contributed by atoms with Gasteiger partial charge in [-0.3, -0.25) is 9.78 Å². The molecule has 8 heteroatoms. The van der Waals surface area contributed by atoms with E-state index in [4.69, 9.17) is 0 Å². The van der Waals surface area contributed by atoms with Crippen LogP contribution in [0.3, 0.4) is 0 Å². The summed E-state index contributed by atoms with van der Waals surface area (Å²) in [6.45, 7) is 0. The Hall–Kier alpha value is -1.70. The molecule has 2 aromatic heterocycles. The van der Waals surface area contributed by atoms with E-state index in [1.165, 1.54) is 7.11 Å². The first-order valence-electron chi connectivity index (χ1n) is 3.26. The van der Waals surface area contributed by atoms with Crippen molar-refractivity contribution in [2.24, 2.45) is 0 Å². The maximum Gasteiger partial charge on any atom is 0.363 e. The molecule has 68 valence electrons. The third-order valence-corrected chi connectivity index (χ3v) is 2.10. The molecule has 0 atom stereocenters. The van der Waals surface area contributed by atoms with Gasteiger partial charge in [0.05, 0.1) is 0 Å². The van der Waals surface area contributed by atoms with Crippen molar-refractivity contribution in [2.75, 3.05) is 7.11 Å². The SMILES string of the molecule is COn1c(=O)[nH]c2snnc2c1=O. The van der Waals surface area contributed by atoms with Gasteiger partial charge in [-0.05, 0) is 0 Å². The number of nitrogens with zero attached hydrogens (tertiary/aromatic N) is 3. The van der Waals surface area contributed by atoms with Crippen LogP contribution in [0.4, 0.5) is 0 Å². The summed E-state index contributed by atoms with van der Waals surface area (Å²) in [5, 5.41) is 3.55. The van der Waals surface area contributed by atoms with Crippen molar-refractivity contribution in [2.45, 2.75) is 0 Å². The predicted octanol–water partition coefficient (Wildman–Crippen LogP) is -1.40. The second-order valence-electron chi connectivity index (χ2n) is 2.16. The average molecular weight is 200 g/mol.